The maximum Gasteiger partial charge on any atom is 0.243 e. The maximum absolute atomic E-state index is 12.6. The monoisotopic (exact) mass is 482 g/mol. The summed E-state index contributed by atoms with van der Waals surface area (Å²) < 4.78 is 36.6. The van der Waals surface area contributed by atoms with Gasteiger partial charge in [0, 0.05) is 0 Å². The van der Waals surface area contributed by atoms with E-state index in [0.717, 1.165) is 10.6 Å². The summed E-state index contributed by atoms with van der Waals surface area (Å²) in [5.41, 5.74) is 1.53. The van der Waals surface area contributed by atoms with Crippen molar-refractivity contribution < 1.29 is 22.7 Å². The minimum atomic E-state index is -3.75. The molecule has 0 aliphatic heterocycles. The Morgan fingerprint density at radius 3 is 2.28 bits per heavy atom. The highest BCUT2D eigenvalue weighted by molar-refractivity contribution is 7.92. The Labute approximate surface area is 195 Å². The minimum absolute atomic E-state index is 0.0578. The third kappa shape index (κ3) is 6.77. The second-order valence-corrected chi connectivity index (χ2v) is 10.7. The van der Waals surface area contributed by atoms with E-state index in [-0.39, 0.29) is 29.3 Å². The topological polar surface area (TPSA) is 84.9 Å². The maximum atomic E-state index is 12.6. The van der Waals surface area contributed by atoms with Gasteiger partial charge in [-0.3, -0.25) is 9.10 Å². The Balaban J connectivity index is 1.99. The summed E-state index contributed by atoms with van der Waals surface area (Å²) in [7, 11) is -2.28. The Bertz CT molecular complexity index is 1030. The Morgan fingerprint density at radius 2 is 1.78 bits per heavy atom. The predicted octanol–water partition coefficient (Wildman–Crippen LogP) is 4.00. The van der Waals surface area contributed by atoms with Gasteiger partial charge in [-0.2, -0.15) is 0 Å². The SMILES string of the molecule is COc1ccc(N([C@H](C)C(=O)NCCOc2ccc(C(C)(C)C)cc2)S(C)(=O)=O)cc1Cl. The van der Waals surface area contributed by atoms with Crippen molar-refractivity contribution in [2.45, 2.75) is 39.2 Å². The molecule has 0 spiro atoms. The molecule has 0 bridgehead atoms. The van der Waals surface area contributed by atoms with E-state index in [1.807, 2.05) is 24.3 Å². The first-order chi connectivity index (χ1) is 14.8. The van der Waals surface area contributed by atoms with E-state index in [1.165, 1.54) is 25.7 Å². The van der Waals surface area contributed by atoms with E-state index < -0.39 is 22.0 Å². The van der Waals surface area contributed by atoms with Crippen molar-refractivity contribution in [2.24, 2.45) is 0 Å². The largest absolute Gasteiger partial charge is 0.495 e. The van der Waals surface area contributed by atoms with Crippen molar-refractivity contribution in [3.8, 4) is 11.5 Å². The zero-order valence-corrected chi connectivity index (χ0v) is 20.9. The number of carbonyl (C=O) groups excluding carboxylic acids is 1. The molecule has 0 heterocycles. The van der Waals surface area contributed by atoms with Gasteiger partial charge in [-0.25, -0.2) is 8.42 Å². The lowest BCUT2D eigenvalue weighted by Crippen LogP contribution is -2.48. The van der Waals surface area contributed by atoms with E-state index in [9.17, 15) is 13.2 Å². The zero-order chi connectivity index (χ0) is 24.1. The number of amides is 1. The van der Waals surface area contributed by atoms with Gasteiger partial charge in [0.1, 0.15) is 24.1 Å². The van der Waals surface area contributed by atoms with E-state index in [1.54, 1.807) is 12.1 Å². The van der Waals surface area contributed by atoms with Crippen molar-refractivity contribution in [3.05, 3.63) is 53.1 Å². The summed E-state index contributed by atoms with van der Waals surface area (Å²) in [5, 5.41) is 2.97. The minimum Gasteiger partial charge on any atom is -0.495 e. The summed E-state index contributed by atoms with van der Waals surface area (Å²) >= 11 is 6.14. The quantitative estimate of drug-likeness (QED) is 0.546. The van der Waals surface area contributed by atoms with E-state index >= 15 is 0 Å². The van der Waals surface area contributed by atoms with Gasteiger partial charge in [0.25, 0.3) is 0 Å². The molecule has 9 heteroatoms. The average molecular weight is 483 g/mol. The van der Waals surface area contributed by atoms with Crippen molar-refractivity contribution in [3.63, 3.8) is 0 Å². The van der Waals surface area contributed by atoms with Gasteiger partial charge >= 0.3 is 0 Å². The van der Waals surface area contributed by atoms with Crippen LogP contribution in [0.25, 0.3) is 0 Å². The molecule has 0 aliphatic rings. The predicted molar refractivity (Wildman–Crippen MR) is 128 cm³/mol. The third-order valence-corrected chi connectivity index (χ3v) is 6.41. The van der Waals surface area contributed by atoms with Crippen molar-refractivity contribution in [2.75, 3.05) is 30.8 Å². The van der Waals surface area contributed by atoms with Crippen molar-refractivity contribution >= 4 is 33.2 Å². The molecule has 2 aromatic carbocycles. The molecule has 0 radical (unpaired) electrons. The summed E-state index contributed by atoms with van der Waals surface area (Å²) in [6.45, 7) is 8.41. The van der Waals surface area contributed by atoms with Crippen LogP contribution in [0.5, 0.6) is 11.5 Å². The molecule has 2 aromatic rings. The summed E-state index contributed by atoms with van der Waals surface area (Å²) in [5.74, 6) is 0.661. The summed E-state index contributed by atoms with van der Waals surface area (Å²) in [4.78, 5) is 12.6. The second kappa shape index (κ2) is 10.4. The zero-order valence-electron chi connectivity index (χ0n) is 19.3. The molecule has 0 unspecified atom stereocenters. The lowest BCUT2D eigenvalue weighted by Gasteiger charge is -2.28. The highest BCUT2D eigenvalue weighted by atomic mass is 35.5. The van der Waals surface area contributed by atoms with E-state index in [4.69, 9.17) is 21.1 Å². The number of methoxy groups -OCH3 is 1. The molecule has 2 rings (SSSR count). The molecule has 0 fully saturated rings. The molecule has 32 heavy (non-hydrogen) atoms. The highest BCUT2D eigenvalue weighted by Crippen LogP contribution is 2.31. The first kappa shape index (κ1) is 25.8. The molecule has 0 aliphatic carbocycles. The number of rotatable bonds is 9. The molecule has 0 saturated heterocycles. The molecular formula is C23H31ClN2O5S. The third-order valence-electron chi connectivity index (χ3n) is 4.87. The van der Waals surface area contributed by atoms with Gasteiger partial charge < -0.3 is 14.8 Å². The van der Waals surface area contributed by atoms with E-state index in [0.29, 0.717) is 11.5 Å². The van der Waals surface area contributed by atoms with Gasteiger partial charge in [-0.05, 0) is 48.2 Å². The fourth-order valence-electron chi connectivity index (χ4n) is 3.14. The van der Waals surface area contributed by atoms with Crippen LogP contribution >= 0.6 is 11.6 Å². The van der Waals surface area contributed by atoms with Crippen LogP contribution < -0.4 is 19.1 Å². The normalized spacial score (nSPS) is 12.7. The second-order valence-electron chi connectivity index (χ2n) is 8.47. The van der Waals surface area contributed by atoms with Crippen LogP contribution in [-0.2, 0) is 20.2 Å². The number of hydrogen-bond donors (Lipinski definition) is 1. The van der Waals surface area contributed by atoms with Crippen LogP contribution in [0, 0.1) is 0 Å². The number of hydrogen-bond acceptors (Lipinski definition) is 5. The highest BCUT2D eigenvalue weighted by Gasteiger charge is 2.29. The van der Waals surface area contributed by atoms with Crippen LogP contribution in [0.1, 0.15) is 33.3 Å². The van der Waals surface area contributed by atoms with Gasteiger partial charge in [0.05, 0.1) is 30.6 Å². The molecule has 1 N–H and O–H groups in total. The molecule has 0 aromatic heterocycles. The smallest absolute Gasteiger partial charge is 0.243 e. The van der Waals surface area contributed by atoms with Crippen LogP contribution in [0.3, 0.4) is 0 Å². The number of anilines is 1. The first-order valence-electron chi connectivity index (χ1n) is 10.2. The molecular weight excluding hydrogens is 452 g/mol. The van der Waals surface area contributed by atoms with Gasteiger partial charge in [-0.15, -0.1) is 0 Å². The number of benzene rings is 2. The van der Waals surface area contributed by atoms with Gasteiger partial charge in [0.15, 0.2) is 0 Å². The molecule has 0 saturated carbocycles. The Kier molecular flexibility index (Phi) is 8.42. The van der Waals surface area contributed by atoms with Crippen LogP contribution in [0.15, 0.2) is 42.5 Å². The Hall–Kier alpha value is -2.45. The van der Waals surface area contributed by atoms with Gasteiger partial charge in [-0.1, -0.05) is 44.5 Å². The molecule has 1 amide bonds. The number of ether oxygens (including phenoxy) is 2. The fraction of sp³-hybridized carbons (Fsp3) is 0.435. The number of carbonyl (C=O) groups is 1. The van der Waals surface area contributed by atoms with Gasteiger partial charge in [0.2, 0.25) is 15.9 Å². The van der Waals surface area contributed by atoms with Crippen LogP contribution in [-0.4, -0.2) is 46.9 Å². The van der Waals surface area contributed by atoms with Crippen LogP contribution in [0.2, 0.25) is 5.02 Å². The number of sulfonamides is 1. The lowest BCUT2D eigenvalue weighted by atomic mass is 9.87. The van der Waals surface area contributed by atoms with Crippen molar-refractivity contribution in [1.82, 2.24) is 5.32 Å². The number of nitrogens with zero attached hydrogens (tertiary/aromatic N) is 1. The lowest BCUT2D eigenvalue weighted by molar-refractivity contribution is -0.121. The summed E-state index contributed by atoms with van der Waals surface area (Å²) in [6, 6.07) is 11.4. The average Bonchev–Trinajstić information content (AvgIpc) is 2.70. The van der Waals surface area contributed by atoms with Crippen LogP contribution in [0.4, 0.5) is 5.69 Å². The Morgan fingerprint density at radius 1 is 1.16 bits per heavy atom. The van der Waals surface area contributed by atoms with Crippen molar-refractivity contribution in [1.29, 1.82) is 0 Å². The number of halogens is 1. The molecule has 176 valence electrons. The standard InChI is InChI=1S/C23H31ClN2O5S/c1-16(26(32(6,28)29)18-9-12-21(30-5)20(24)15-18)22(27)25-13-14-31-19-10-7-17(8-11-19)23(2,3)4/h7-12,15-16H,13-14H2,1-6H3,(H,25,27)/t16-/m1/s1. The molecule has 1 atom stereocenters. The number of nitrogens with one attached hydrogen (secondary N) is 1. The van der Waals surface area contributed by atoms with E-state index in [2.05, 4.69) is 26.1 Å². The fourth-order valence-corrected chi connectivity index (χ4v) is 4.56. The molecule has 7 nitrogen and oxygen atoms in total. The summed E-state index contributed by atoms with van der Waals surface area (Å²) in [6.07, 6.45) is 1.04. The first-order valence-corrected chi connectivity index (χ1v) is 12.4.